The number of carboxylic acids is 1. The highest BCUT2D eigenvalue weighted by Crippen LogP contribution is 2.36. The molecule has 1 aliphatic heterocycles. The minimum atomic E-state index is -0.990. The smallest absolute Gasteiger partial charge is 0.336 e. The third-order valence-electron chi connectivity index (χ3n) is 5.97. The Balaban J connectivity index is 1.44. The number of fused-ring (bicyclic) bond motifs is 2. The van der Waals surface area contributed by atoms with Crippen LogP contribution in [-0.2, 0) is 7.05 Å². The normalized spacial score (nSPS) is 19.7. The summed E-state index contributed by atoms with van der Waals surface area (Å²) in [5.74, 6) is -0.571. The fourth-order valence-corrected chi connectivity index (χ4v) is 4.70. The first kappa shape index (κ1) is 20.4. The van der Waals surface area contributed by atoms with Crippen LogP contribution in [0.5, 0.6) is 5.75 Å². The molecular formula is C25H22ClN3O3. The molecule has 2 unspecified atom stereocenters. The average molecular weight is 448 g/mol. The molecular weight excluding hydrogens is 426 g/mol. The first-order valence-corrected chi connectivity index (χ1v) is 10.7. The molecule has 5 rings (SSSR count). The standard InChI is InChI=1S/C25H22ClN3O3/c1-13-4-5-17(10-18(13)24(30)31)32-25-27-21-11-19(20(26)12-22(21)28-25)16-8-14(2)23-15(9-16)6-7-29(23)3/h4-12,21-22H,1-3H3,(H,27,28)(H,30,31). The molecule has 1 aromatic heterocycles. The van der Waals surface area contributed by atoms with Gasteiger partial charge in [-0.05, 0) is 78.6 Å². The summed E-state index contributed by atoms with van der Waals surface area (Å²) in [5, 5.41) is 14.4. The number of nitrogens with zero attached hydrogens (tertiary/aromatic N) is 2. The number of aromatic nitrogens is 1. The maximum Gasteiger partial charge on any atom is 0.336 e. The molecule has 6 nitrogen and oxygen atoms in total. The Hall–Kier alpha value is -3.51. The molecule has 2 aliphatic rings. The first-order chi connectivity index (χ1) is 15.3. The summed E-state index contributed by atoms with van der Waals surface area (Å²) in [6.45, 7) is 3.85. The number of hydrogen-bond acceptors (Lipinski definition) is 4. The van der Waals surface area contributed by atoms with Crippen LogP contribution >= 0.6 is 11.6 Å². The Morgan fingerprint density at radius 1 is 1.16 bits per heavy atom. The fraction of sp³-hybridized carbons (Fsp3) is 0.200. The van der Waals surface area contributed by atoms with Gasteiger partial charge >= 0.3 is 5.97 Å². The van der Waals surface area contributed by atoms with Gasteiger partial charge in [-0.2, -0.15) is 0 Å². The SMILES string of the molecule is Cc1ccc(OC2=NC3C=C(c4cc(C)c5c(ccn5C)c4)C(Cl)=CC3N2)cc1C(=O)O. The van der Waals surface area contributed by atoms with Gasteiger partial charge in [0.1, 0.15) is 5.75 Å². The van der Waals surface area contributed by atoms with Gasteiger partial charge in [-0.3, -0.25) is 0 Å². The van der Waals surface area contributed by atoms with E-state index in [2.05, 4.69) is 52.3 Å². The maximum atomic E-state index is 11.4. The zero-order valence-corrected chi connectivity index (χ0v) is 18.6. The van der Waals surface area contributed by atoms with Crippen molar-refractivity contribution in [1.82, 2.24) is 9.88 Å². The maximum absolute atomic E-state index is 11.4. The van der Waals surface area contributed by atoms with Crippen LogP contribution in [0.15, 0.2) is 64.8 Å². The second-order valence-electron chi connectivity index (χ2n) is 8.23. The zero-order valence-electron chi connectivity index (χ0n) is 17.9. The number of benzene rings is 2. The van der Waals surface area contributed by atoms with Crippen LogP contribution < -0.4 is 10.1 Å². The summed E-state index contributed by atoms with van der Waals surface area (Å²) in [7, 11) is 2.04. The van der Waals surface area contributed by atoms with E-state index >= 15 is 0 Å². The van der Waals surface area contributed by atoms with Crippen molar-refractivity contribution in [3.8, 4) is 5.75 Å². The van der Waals surface area contributed by atoms with Crippen LogP contribution in [0.1, 0.15) is 27.0 Å². The summed E-state index contributed by atoms with van der Waals surface area (Å²) >= 11 is 6.66. The number of hydrogen-bond donors (Lipinski definition) is 2. The minimum Gasteiger partial charge on any atom is -0.478 e. The first-order valence-electron chi connectivity index (χ1n) is 10.3. The Morgan fingerprint density at radius 2 is 1.97 bits per heavy atom. The molecule has 2 atom stereocenters. The van der Waals surface area contributed by atoms with Gasteiger partial charge in [-0.1, -0.05) is 17.7 Å². The van der Waals surface area contributed by atoms with Gasteiger partial charge in [0, 0.05) is 23.7 Å². The number of carbonyl (C=O) groups is 1. The van der Waals surface area contributed by atoms with Crippen molar-refractivity contribution in [2.45, 2.75) is 25.9 Å². The van der Waals surface area contributed by atoms with E-state index < -0.39 is 5.97 Å². The van der Waals surface area contributed by atoms with E-state index in [1.807, 2.05) is 13.1 Å². The number of carboxylic acid groups (broad SMARTS) is 1. The van der Waals surface area contributed by atoms with Crippen molar-refractivity contribution < 1.29 is 14.6 Å². The summed E-state index contributed by atoms with van der Waals surface area (Å²) in [4.78, 5) is 16.1. The van der Waals surface area contributed by atoms with E-state index in [-0.39, 0.29) is 17.6 Å². The molecule has 0 amide bonds. The van der Waals surface area contributed by atoms with E-state index in [0.717, 1.165) is 11.1 Å². The largest absolute Gasteiger partial charge is 0.478 e. The molecule has 162 valence electrons. The van der Waals surface area contributed by atoms with Crippen molar-refractivity contribution in [3.63, 3.8) is 0 Å². The zero-order chi connectivity index (χ0) is 22.6. The monoisotopic (exact) mass is 447 g/mol. The lowest BCUT2D eigenvalue weighted by atomic mass is 9.92. The van der Waals surface area contributed by atoms with Gasteiger partial charge in [0.05, 0.1) is 23.2 Å². The molecule has 2 heterocycles. The third kappa shape index (κ3) is 3.46. The summed E-state index contributed by atoms with van der Waals surface area (Å²) < 4.78 is 7.96. The number of aliphatic imine (C=N–C) groups is 1. The molecule has 2 aromatic carbocycles. The fourth-order valence-electron chi connectivity index (χ4n) is 4.39. The van der Waals surface area contributed by atoms with E-state index in [4.69, 9.17) is 16.3 Å². The lowest BCUT2D eigenvalue weighted by Gasteiger charge is -2.21. The second kappa shape index (κ2) is 7.57. The van der Waals surface area contributed by atoms with Crippen molar-refractivity contribution in [1.29, 1.82) is 0 Å². The summed E-state index contributed by atoms with van der Waals surface area (Å²) in [6.07, 6.45) is 6.06. The van der Waals surface area contributed by atoms with Crippen molar-refractivity contribution in [2.75, 3.05) is 0 Å². The number of amidine groups is 1. The van der Waals surface area contributed by atoms with Gasteiger partial charge in [0.15, 0.2) is 0 Å². The second-order valence-corrected chi connectivity index (χ2v) is 8.64. The van der Waals surface area contributed by atoms with Crippen LogP contribution in [0.3, 0.4) is 0 Å². The number of aromatic carboxylic acids is 1. The highest BCUT2D eigenvalue weighted by molar-refractivity contribution is 6.37. The predicted molar refractivity (Wildman–Crippen MR) is 126 cm³/mol. The number of rotatable bonds is 3. The minimum absolute atomic E-state index is 0.118. The van der Waals surface area contributed by atoms with Crippen molar-refractivity contribution in [3.05, 3.63) is 82.0 Å². The molecule has 0 fully saturated rings. The lowest BCUT2D eigenvalue weighted by Crippen LogP contribution is -2.35. The van der Waals surface area contributed by atoms with Gasteiger partial charge in [0.2, 0.25) is 0 Å². The van der Waals surface area contributed by atoms with Gasteiger partial charge in [0.25, 0.3) is 6.02 Å². The van der Waals surface area contributed by atoms with Gasteiger partial charge < -0.3 is 19.7 Å². The molecule has 7 heteroatoms. The number of nitrogens with one attached hydrogen (secondary N) is 1. The van der Waals surface area contributed by atoms with Crippen LogP contribution in [0.4, 0.5) is 0 Å². The molecule has 1 aliphatic carbocycles. The van der Waals surface area contributed by atoms with E-state index in [1.165, 1.54) is 22.5 Å². The van der Waals surface area contributed by atoms with E-state index in [9.17, 15) is 9.90 Å². The highest BCUT2D eigenvalue weighted by Gasteiger charge is 2.32. The molecule has 32 heavy (non-hydrogen) atoms. The topological polar surface area (TPSA) is 75.8 Å². The Kier molecular flexibility index (Phi) is 4.82. The Morgan fingerprint density at radius 3 is 2.75 bits per heavy atom. The number of aryl methyl sites for hydroxylation is 3. The molecule has 0 saturated carbocycles. The van der Waals surface area contributed by atoms with E-state index in [0.29, 0.717) is 22.4 Å². The number of ether oxygens (including phenoxy) is 1. The number of allylic oxidation sites excluding steroid dienone is 2. The summed E-state index contributed by atoms with van der Waals surface area (Å²) in [5.41, 5.74) is 5.26. The van der Waals surface area contributed by atoms with Crippen LogP contribution in [0.2, 0.25) is 0 Å². The average Bonchev–Trinajstić information content (AvgIpc) is 3.31. The van der Waals surface area contributed by atoms with Crippen molar-refractivity contribution in [2.24, 2.45) is 12.0 Å². The Bertz CT molecular complexity index is 1370. The highest BCUT2D eigenvalue weighted by atomic mass is 35.5. The Labute approximate surface area is 190 Å². The lowest BCUT2D eigenvalue weighted by molar-refractivity contribution is 0.0695. The van der Waals surface area contributed by atoms with Crippen LogP contribution in [0, 0.1) is 13.8 Å². The van der Waals surface area contributed by atoms with Gasteiger partial charge in [-0.15, -0.1) is 0 Å². The number of halogens is 1. The van der Waals surface area contributed by atoms with E-state index in [1.54, 1.807) is 19.1 Å². The molecule has 3 aromatic rings. The molecule has 2 N–H and O–H groups in total. The van der Waals surface area contributed by atoms with Gasteiger partial charge in [-0.25, -0.2) is 9.79 Å². The summed E-state index contributed by atoms with van der Waals surface area (Å²) in [6, 6.07) is 11.4. The van der Waals surface area contributed by atoms with Crippen LogP contribution in [0.25, 0.3) is 16.5 Å². The third-order valence-corrected chi connectivity index (χ3v) is 6.30. The molecule has 0 radical (unpaired) electrons. The predicted octanol–water partition coefficient (Wildman–Crippen LogP) is 4.79. The quantitative estimate of drug-likeness (QED) is 0.605. The van der Waals surface area contributed by atoms with Crippen molar-refractivity contribution >= 4 is 40.1 Å². The molecule has 0 bridgehead atoms. The van der Waals surface area contributed by atoms with Crippen LogP contribution in [-0.4, -0.2) is 33.7 Å². The molecule has 0 spiro atoms. The molecule has 0 saturated heterocycles.